The van der Waals surface area contributed by atoms with E-state index >= 15 is 0 Å². The first-order valence-electron chi connectivity index (χ1n) is 8.10. The Morgan fingerprint density at radius 2 is 2.10 bits per heavy atom. The number of hydrogen-bond acceptors (Lipinski definition) is 3. The molecule has 0 amide bonds. The highest BCUT2D eigenvalue weighted by Crippen LogP contribution is 2.55. The zero-order valence-corrected chi connectivity index (χ0v) is 12.5. The molecule has 2 aliphatic carbocycles. The van der Waals surface area contributed by atoms with Crippen LogP contribution in [0.3, 0.4) is 0 Å². The lowest BCUT2D eigenvalue weighted by atomic mass is 9.57. The molecule has 112 valence electrons. The molecule has 1 saturated carbocycles. The third-order valence-electron chi connectivity index (χ3n) is 6.05. The van der Waals surface area contributed by atoms with E-state index in [9.17, 15) is 9.90 Å². The summed E-state index contributed by atoms with van der Waals surface area (Å²) in [5.74, 6) is 2.04. The normalized spacial score (nSPS) is 38.0. The van der Waals surface area contributed by atoms with Gasteiger partial charge < -0.3 is 9.84 Å². The number of rotatable bonds is 0. The fourth-order valence-electron chi connectivity index (χ4n) is 5.09. The monoisotopic (exact) mass is 286 g/mol. The predicted octanol–water partition coefficient (Wildman–Crippen LogP) is 3.54. The standard InChI is InChI=1S/C18H22O3/c1-18-9-8-14-13-5-3-12(19)10-11(13)2-4-15(14)16(18)6-7-17(20)21-18/h3,5,10,14-16,19H,2,4,6-9H2,1H3/t14-,15+,16+,18+/m1/s1. The molecule has 1 aromatic carbocycles. The first-order valence-corrected chi connectivity index (χ1v) is 8.10. The summed E-state index contributed by atoms with van der Waals surface area (Å²) in [7, 11) is 0. The third-order valence-corrected chi connectivity index (χ3v) is 6.05. The fraction of sp³-hybridized carbons (Fsp3) is 0.611. The second kappa shape index (κ2) is 4.49. The first-order chi connectivity index (χ1) is 10.1. The lowest BCUT2D eigenvalue weighted by molar-refractivity contribution is -0.185. The van der Waals surface area contributed by atoms with Crippen LogP contribution in [0.4, 0.5) is 0 Å². The number of aryl methyl sites for hydroxylation is 1. The van der Waals surface area contributed by atoms with E-state index in [-0.39, 0.29) is 11.6 Å². The SMILES string of the molecule is C[C@]12CC[C@@H]3c4ccc(O)cc4CC[C@@H]3[C@@H]1CCC(=O)O2. The van der Waals surface area contributed by atoms with E-state index in [1.165, 1.54) is 11.1 Å². The number of carbonyl (C=O) groups excluding carboxylic acids is 1. The molecule has 1 heterocycles. The van der Waals surface area contributed by atoms with Gasteiger partial charge in [-0.05, 0) is 74.1 Å². The van der Waals surface area contributed by atoms with E-state index in [4.69, 9.17) is 4.74 Å². The van der Waals surface area contributed by atoms with Crippen LogP contribution >= 0.6 is 0 Å². The van der Waals surface area contributed by atoms with Gasteiger partial charge >= 0.3 is 5.97 Å². The van der Waals surface area contributed by atoms with E-state index in [0.717, 1.165) is 32.1 Å². The van der Waals surface area contributed by atoms with Crippen LogP contribution in [0, 0.1) is 11.8 Å². The highest BCUT2D eigenvalue weighted by molar-refractivity contribution is 5.71. The van der Waals surface area contributed by atoms with Crippen molar-refractivity contribution in [1.29, 1.82) is 0 Å². The first kappa shape index (κ1) is 13.2. The van der Waals surface area contributed by atoms with Gasteiger partial charge in [0.25, 0.3) is 0 Å². The van der Waals surface area contributed by atoms with Crippen LogP contribution in [0.25, 0.3) is 0 Å². The molecule has 0 aromatic heterocycles. The summed E-state index contributed by atoms with van der Waals surface area (Å²) in [5.41, 5.74) is 2.49. The Labute approximate surface area is 125 Å². The summed E-state index contributed by atoms with van der Waals surface area (Å²) < 4.78 is 5.75. The maximum absolute atomic E-state index is 11.7. The molecule has 0 unspecified atom stereocenters. The number of carbonyl (C=O) groups is 1. The van der Waals surface area contributed by atoms with E-state index < -0.39 is 0 Å². The molecule has 0 spiro atoms. The Balaban J connectivity index is 1.69. The second-order valence-corrected chi connectivity index (χ2v) is 7.16. The Bertz CT molecular complexity index is 594. The number of hydrogen-bond donors (Lipinski definition) is 1. The van der Waals surface area contributed by atoms with Crippen LogP contribution < -0.4 is 0 Å². The van der Waals surface area contributed by atoms with Crippen molar-refractivity contribution in [2.45, 2.75) is 57.0 Å². The number of esters is 1. The van der Waals surface area contributed by atoms with Gasteiger partial charge in [-0.2, -0.15) is 0 Å². The molecular weight excluding hydrogens is 264 g/mol. The molecule has 3 aliphatic rings. The van der Waals surface area contributed by atoms with Gasteiger partial charge in [0.1, 0.15) is 11.4 Å². The van der Waals surface area contributed by atoms with Crippen LogP contribution in [0.1, 0.15) is 56.1 Å². The minimum absolute atomic E-state index is 0.0201. The van der Waals surface area contributed by atoms with E-state index in [1.807, 2.05) is 12.1 Å². The zero-order valence-electron chi connectivity index (χ0n) is 12.5. The third kappa shape index (κ3) is 1.97. The molecule has 4 rings (SSSR count). The van der Waals surface area contributed by atoms with Gasteiger partial charge in [-0.3, -0.25) is 4.79 Å². The van der Waals surface area contributed by atoms with Crippen molar-refractivity contribution < 1.29 is 14.6 Å². The molecular formula is C18H22O3. The summed E-state index contributed by atoms with van der Waals surface area (Å²) in [6.45, 7) is 2.14. The average molecular weight is 286 g/mol. The molecule has 3 nitrogen and oxygen atoms in total. The van der Waals surface area contributed by atoms with E-state index in [0.29, 0.717) is 29.9 Å². The molecule has 4 atom stereocenters. The van der Waals surface area contributed by atoms with Crippen molar-refractivity contribution in [3.8, 4) is 5.75 Å². The lowest BCUT2D eigenvalue weighted by Crippen LogP contribution is -2.52. The van der Waals surface area contributed by atoms with Gasteiger partial charge in [0.05, 0.1) is 0 Å². The van der Waals surface area contributed by atoms with Crippen LogP contribution in [0.15, 0.2) is 18.2 Å². The van der Waals surface area contributed by atoms with Gasteiger partial charge in [0, 0.05) is 12.3 Å². The molecule has 2 fully saturated rings. The number of ether oxygens (including phenoxy) is 1. The summed E-state index contributed by atoms with van der Waals surface area (Å²) >= 11 is 0. The van der Waals surface area contributed by atoms with Crippen molar-refractivity contribution >= 4 is 5.97 Å². The van der Waals surface area contributed by atoms with Crippen LogP contribution in [-0.4, -0.2) is 16.7 Å². The molecule has 1 N–H and O–H groups in total. The Morgan fingerprint density at radius 3 is 2.95 bits per heavy atom. The molecule has 1 aliphatic heterocycles. The largest absolute Gasteiger partial charge is 0.508 e. The van der Waals surface area contributed by atoms with Gasteiger partial charge in [-0.1, -0.05) is 6.07 Å². The van der Waals surface area contributed by atoms with Crippen molar-refractivity contribution in [1.82, 2.24) is 0 Å². The number of benzene rings is 1. The van der Waals surface area contributed by atoms with Crippen LogP contribution in [0.5, 0.6) is 5.75 Å². The average Bonchev–Trinajstić information content (AvgIpc) is 2.45. The number of fused-ring (bicyclic) bond motifs is 5. The molecule has 0 bridgehead atoms. The maximum Gasteiger partial charge on any atom is 0.306 e. The fourth-order valence-corrected chi connectivity index (χ4v) is 5.09. The predicted molar refractivity (Wildman–Crippen MR) is 79.1 cm³/mol. The van der Waals surface area contributed by atoms with Crippen molar-refractivity contribution in [2.75, 3.05) is 0 Å². The quantitative estimate of drug-likeness (QED) is 0.742. The van der Waals surface area contributed by atoms with Crippen molar-refractivity contribution in [3.05, 3.63) is 29.3 Å². The van der Waals surface area contributed by atoms with Crippen LogP contribution in [-0.2, 0) is 16.0 Å². The summed E-state index contributed by atoms with van der Waals surface area (Å²) in [6.07, 6.45) is 5.79. The number of aromatic hydroxyl groups is 1. The van der Waals surface area contributed by atoms with Crippen molar-refractivity contribution in [2.24, 2.45) is 11.8 Å². The highest BCUT2D eigenvalue weighted by Gasteiger charge is 2.52. The van der Waals surface area contributed by atoms with Gasteiger partial charge in [0.2, 0.25) is 0 Å². The highest BCUT2D eigenvalue weighted by atomic mass is 16.6. The Morgan fingerprint density at radius 1 is 1.24 bits per heavy atom. The number of phenolic OH excluding ortho intramolecular Hbond substituents is 1. The number of phenols is 1. The van der Waals surface area contributed by atoms with Crippen LogP contribution in [0.2, 0.25) is 0 Å². The van der Waals surface area contributed by atoms with E-state index in [1.54, 1.807) is 0 Å². The maximum atomic E-state index is 11.7. The minimum Gasteiger partial charge on any atom is -0.508 e. The minimum atomic E-state index is -0.245. The van der Waals surface area contributed by atoms with Crippen molar-refractivity contribution in [3.63, 3.8) is 0 Å². The van der Waals surface area contributed by atoms with Gasteiger partial charge in [-0.25, -0.2) is 0 Å². The Kier molecular flexibility index (Phi) is 2.82. The Hall–Kier alpha value is -1.51. The smallest absolute Gasteiger partial charge is 0.306 e. The second-order valence-electron chi connectivity index (χ2n) is 7.16. The lowest BCUT2D eigenvalue weighted by Gasteiger charge is -2.53. The summed E-state index contributed by atoms with van der Waals surface area (Å²) in [5, 5.41) is 9.68. The molecule has 1 saturated heterocycles. The van der Waals surface area contributed by atoms with E-state index in [2.05, 4.69) is 13.0 Å². The van der Waals surface area contributed by atoms with Gasteiger partial charge in [-0.15, -0.1) is 0 Å². The molecule has 21 heavy (non-hydrogen) atoms. The van der Waals surface area contributed by atoms with Gasteiger partial charge in [0.15, 0.2) is 0 Å². The molecule has 1 aromatic rings. The zero-order chi connectivity index (χ0) is 14.6. The summed E-state index contributed by atoms with van der Waals surface area (Å²) in [6, 6.07) is 5.86. The molecule has 3 heteroatoms. The molecule has 0 radical (unpaired) electrons. The summed E-state index contributed by atoms with van der Waals surface area (Å²) in [4.78, 5) is 11.7. The topological polar surface area (TPSA) is 46.5 Å².